The summed E-state index contributed by atoms with van der Waals surface area (Å²) in [5, 5.41) is 3.45. The SMILES string of the molecule is CCCCCCCCNc1ccc2c(n1)CCC2. The number of anilines is 1. The zero-order valence-electron chi connectivity index (χ0n) is 11.7. The van der Waals surface area contributed by atoms with Gasteiger partial charge in [0.1, 0.15) is 5.82 Å². The van der Waals surface area contributed by atoms with Crippen molar-refractivity contribution < 1.29 is 0 Å². The van der Waals surface area contributed by atoms with Gasteiger partial charge in [0.2, 0.25) is 0 Å². The summed E-state index contributed by atoms with van der Waals surface area (Å²) in [6, 6.07) is 4.39. The molecule has 0 aromatic carbocycles. The first-order chi connectivity index (χ1) is 8.90. The van der Waals surface area contributed by atoms with E-state index < -0.39 is 0 Å². The van der Waals surface area contributed by atoms with Crippen LogP contribution < -0.4 is 5.32 Å². The average Bonchev–Trinajstić information content (AvgIpc) is 2.85. The molecule has 1 N–H and O–H groups in total. The number of pyridine rings is 1. The number of aromatic nitrogens is 1. The van der Waals surface area contributed by atoms with Crippen LogP contribution in [0.3, 0.4) is 0 Å². The fourth-order valence-corrected chi connectivity index (χ4v) is 2.64. The molecule has 1 heterocycles. The molecule has 0 bridgehead atoms. The molecule has 1 aromatic heterocycles. The molecule has 2 heteroatoms. The fraction of sp³-hybridized carbons (Fsp3) is 0.688. The van der Waals surface area contributed by atoms with Crippen molar-refractivity contribution in [3.8, 4) is 0 Å². The van der Waals surface area contributed by atoms with Crippen molar-refractivity contribution in [1.29, 1.82) is 0 Å². The fourth-order valence-electron chi connectivity index (χ4n) is 2.64. The van der Waals surface area contributed by atoms with E-state index in [1.165, 1.54) is 69.0 Å². The quantitative estimate of drug-likeness (QED) is 0.690. The Labute approximate surface area is 111 Å². The minimum Gasteiger partial charge on any atom is -0.370 e. The Morgan fingerprint density at radius 1 is 1.06 bits per heavy atom. The molecule has 0 radical (unpaired) electrons. The van der Waals surface area contributed by atoms with Crippen LogP contribution in [0.4, 0.5) is 5.82 Å². The van der Waals surface area contributed by atoms with E-state index in [0.717, 1.165) is 12.4 Å². The molecule has 1 aromatic rings. The number of unbranched alkanes of at least 4 members (excludes halogenated alkanes) is 5. The molecule has 1 aliphatic carbocycles. The Kier molecular flexibility index (Phi) is 5.50. The lowest BCUT2D eigenvalue weighted by molar-refractivity contribution is 0.617. The van der Waals surface area contributed by atoms with Crippen LogP contribution in [0.1, 0.15) is 63.1 Å². The highest BCUT2D eigenvalue weighted by Gasteiger charge is 2.11. The van der Waals surface area contributed by atoms with Crippen LogP contribution in [0.2, 0.25) is 0 Å². The van der Waals surface area contributed by atoms with Crippen LogP contribution in [0.15, 0.2) is 12.1 Å². The molecule has 0 spiro atoms. The normalized spacial score (nSPS) is 13.6. The molecule has 2 nitrogen and oxygen atoms in total. The maximum atomic E-state index is 4.69. The monoisotopic (exact) mass is 246 g/mol. The van der Waals surface area contributed by atoms with Crippen molar-refractivity contribution in [3.05, 3.63) is 23.4 Å². The predicted octanol–water partition coefficient (Wildman–Crippen LogP) is 4.34. The lowest BCUT2D eigenvalue weighted by Crippen LogP contribution is -2.04. The van der Waals surface area contributed by atoms with E-state index in [-0.39, 0.29) is 0 Å². The van der Waals surface area contributed by atoms with Gasteiger partial charge >= 0.3 is 0 Å². The number of hydrogen-bond acceptors (Lipinski definition) is 2. The Morgan fingerprint density at radius 3 is 2.78 bits per heavy atom. The van der Waals surface area contributed by atoms with Gasteiger partial charge in [0, 0.05) is 12.2 Å². The molecule has 100 valence electrons. The van der Waals surface area contributed by atoms with Crippen molar-refractivity contribution in [2.75, 3.05) is 11.9 Å². The van der Waals surface area contributed by atoms with E-state index in [2.05, 4.69) is 29.4 Å². The predicted molar refractivity (Wildman–Crippen MR) is 78.1 cm³/mol. The number of nitrogens with one attached hydrogen (secondary N) is 1. The molecule has 0 amide bonds. The summed E-state index contributed by atoms with van der Waals surface area (Å²) in [5.74, 6) is 1.07. The Bertz CT molecular complexity index is 360. The summed E-state index contributed by atoms with van der Waals surface area (Å²) in [6.07, 6.45) is 11.8. The van der Waals surface area contributed by atoms with Crippen LogP contribution in [-0.4, -0.2) is 11.5 Å². The Balaban J connectivity index is 1.62. The summed E-state index contributed by atoms with van der Waals surface area (Å²) < 4.78 is 0. The molecule has 0 aliphatic heterocycles. The van der Waals surface area contributed by atoms with E-state index in [0.29, 0.717) is 0 Å². The zero-order chi connectivity index (χ0) is 12.6. The largest absolute Gasteiger partial charge is 0.370 e. The smallest absolute Gasteiger partial charge is 0.126 e. The first-order valence-corrected chi connectivity index (χ1v) is 7.63. The summed E-state index contributed by atoms with van der Waals surface area (Å²) in [4.78, 5) is 4.69. The highest BCUT2D eigenvalue weighted by Crippen LogP contribution is 2.21. The minimum absolute atomic E-state index is 1.07. The number of rotatable bonds is 8. The van der Waals surface area contributed by atoms with Crippen LogP contribution in [-0.2, 0) is 12.8 Å². The van der Waals surface area contributed by atoms with Gasteiger partial charge in [-0.2, -0.15) is 0 Å². The van der Waals surface area contributed by atoms with Gasteiger partial charge in [0.25, 0.3) is 0 Å². The summed E-state index contributed by atoms with van der Waals surface area (Å²) in [5.41, 5.74) is 2.78. The molecule has 0 atom stereocenters. The summed E-state index contributed by atoms with van der Waals surface area (Å²) in [7, 11) is 0. The van der Waals surface area contributed by atoms with Crippen molar-refractivity contribution >= 4 is 5.82 Å². The lowest BCUT2D eigenvalue weighted by Gasteiger charge is -2.07. The molecule has 18 heavy (non-hydrogen) atoms. The van der Waals surface area contributed by atoms with Gasteiger partial charge in [-0.15, -0.1) is 0 Å². The van der Waals surface area contributed by atoms with Gasteiger partial charge in [-0.05, 0) is 37.3 Å². The number of fused-ring (bicyclic) bond motifs is 1. The Hall–Kier alpha value is -1.05. The van der Waals surface area contributed by atoms with Crippen LogP contribution in [0.25, 0.3) is 0 Å². The molecular weight excluding hydrogens is 220 g/mol. The molecule has 0 saturated heterocycles. The third kappa shape index (κ3) is 4.01. The highest BCUT2D eigenvalue weighted by atomic mass is 15.0. The highest BCUT2D eigenvalue weighted by molar-refractivity contribution is 5.40. The van der Waals surface area contributed by atoms with E-state index in [4.69, 9.17) is 0 Å². The second-order valence-electron chi connectivity index (χ2n) is 5.35. The number of aryl methyl sites for hydroxylation is 2. The van der Waals surface area contributed by atoms with Gasteiger partial charge < -0.3 is 5.32 Å². The van der Waals surface area contributed by atoms with Gasteiger partial charge in [-0.1, -0.05) is 45.1 Å². The van der Waals surface area contributed by atoms with E-state index in [9.17, 15) is 0 Å². The molecule has 2 rings (SSSR count). The third-order valence-electron chi connectivity index (χ3n) is 3.76. The Morgan fingerprint density at radius 2 is 1.89 bits per heavy atom. The van der Waals surface area contributed by atoms with Crippen molar-refractivity contribution in [2.45, 2.75) is 64.7 Å². The maximum Gasteiger partial charge on any atom is 0.126 e. The van der Waals surface area contributed by atoms with E-state index in [1.54, 1.807) is 0 Å². The van der Waals surface area contributed by atoms with Crippen molar-refractivity contribution in [2.24, 2.45) is 0 Å². The molecular formula is C16H26N2. The van der Waals surface area contributed by atoms with E-state index >= 15 is 0 Å². The maximum absolute atomic E-state index is 4.69. The second-order valence-corrected chi connectivity index (χ2v) is 5.35. The lowest BCUT2D eigenvalue weighted by atomic mass is 10.1. The van der Waals surface area contributed by atoms with Crippen LogP contribution in [0, 0.1) is 0 Å². The van der Waals surface area contributed by atoms with Crippen LogP contribution in [0.5, 0.6) is 0 Å². The molecule has 1 aliphatic rings. The first-order valence-electron chi connectivity index (χ1n) is 7.63. The van der Waals surface area contributed by atoms with Crippen LogP contribution >= 0.6 is 0 Å². The van der Waals surface area contributed by atoms with Gasteiger partial charge in [0.15, 0.2) is 0 Å². The topological polar surface area (TPSA) is 24.9 Å². The molecule has 0 fully saturated rings. The van der Waals surface area contributed by atoms with Gasteiger partial charge in [-0.25, -0.2) is 4.98 Å². The third-order valence-corrected chi connectivity index (χ3v) is 3.76. The number of hydrogen-bond donors (Lipinski definition) is 1. The van der Waals surface area contributed by atoms with Crippen molar-refractivity contribution in [1.82, 2.24) is 4.98 Å². The summed E-state index contributed by atoms with van der Waals surface area (Å²) >= 11 is 0. The second kappa shape index (κ2) is 7.40. The average molecular weight is 246 g/mol. The molecule has 0 saturated carbocycles. The van der Waals surface area contributed by atoms with Crippen molar-refractivity contribution in [3.63, 3.8) is 0 Å². The van der Waals surface area contributed by atoms with E-state index in [1.807, 2.05) is 0 Å². The zero-order valence-corrected chi connectivity index (χ0v) is 11.7. The standard InChI is InChI=1S/C16H26N2/c1-2-3-4-5-6-7-13-17-16-12-11-14-9-8-10-15(14)18-16/h11-12H,2-10,13H2,1H3,(H,17,18). The number of nitrogens with zero attached hydrogens (tertiary/aromatic N) is 1. The van der Waals surface area contributed by atoms with Gasteiger partial charge in [-0.3, -0.25) is 0 Å². The summed E-state index contributed by atoms with van der Waals surface area (Å²) in [6.45, 7) is 3.33. The molecule has 0 unspecified atom stereocenters. The minimum atomic E-state index is 1.07. The first kappa shape index (κ1) is 13.4. The van der Waals surface area contributed by atoms with Gasteiger partial charge in [0.05, 0.1) is 0 Å².